The third-order valence-electron chi connectivity index (χ3n) is 5.46. The zero-order valence-corrected chi connectivity index (χ0v) is 15.8. The Bertz CT molecular complexity index is 699. The quantitative estimate of drug-likeness (QED) is 0.797. The predicted molar refractivity (Wildman–Crippen MR) is 99.7 cm³/mol. The Hall–Kier alpha value is -2.41. The fraction of sp³-hybridized carbons (Fsp3) is 0.550. The highest BCUT2D eigenvalue weighted by molar-refractivity contribution is 5.99. The average molecular weight is 374 g/mol. The molecule has 1 aliphatic heterocycles. The number of hydrogen-bond acceptors (Lipinski definition) is 6. The van der Waals surface area contributed by atoms with E-state index in [9.17, 15) is 14.4 Å². The molecule has 7 nitrogen and oxygen atoms in total. The van der Waals surface area contributed by atoms with Crippen LogP contribution in [0.3, 0.4) is 0 Å². The van der Waals surface area contributed by atoms with E-state index in [1.165, 1.54) is 58.1 Å². The molecule has 2 aliphatic rings. The molecule has 1 saturated carbocycles. The molecule has 0 unspecified atom stereocenters. The summed E-state index contributed by atoms with van der Waals surface area (Å²) >= 11 is 0. The first-order valence-electron chi connectivity index (χ1n) is 9.37. The van der Waals surface area contributed by atoms with Crippen LogP contribution >= 0.6 is 0 Å². The van der Waals surface area contributed by atoms with Crippen LogP contribution in [-0.2, 0) is 14.3 Å². The van der Waals surface area contributed by atoms with Crippen LogP contribution in [0, 0.1) is 5.92 Å². The van der Waals surface area contributed by atoms with Crippen molar-refractivity contribution in [3.05, 3.63) is 29.3 Å². The molecule has 1 aromatic carbocycles. The van der Waals surface area contributed by atoms with Crippen molar-refractivity contribution in [3.8, 4) is 0 Å². The van der Waals surface area contributed by atoms with Crippen molar-refractivity contribution in [2.24, 2.45) is 5.92 Å². The molecule has 2 fully saturated rings. The summed E-state index contributed by atoms with van der Waals surface area (Å²) in [5, 5.41) is 2.79. The van der Waals surface area contributed by atoms with Crippen LogP contribution in [-0.4, -0.2) is 56.1 Å². The SMILES string of the molecule is COC(=O)c1cc(NC(=O)CN2C[C@H]3CCCCC[C@@H]32)cc(C(=O)OC)c1. The van der Waals surface area contributed by atoms with Gasteiger partial charge in [0.1, 0.15) is 0 Å². The number of amides is 1. The second kappa shape index (κ2) is 8.52. The molecule has 7 heteroatoms. The number of ether oxygens (including phenoxy) is 2. The van der Waals surface area contributed by atoms with Crippen molar-refractivity contribution >= 4 is 23.5 Å². The number of methoxy groups -OCH3 is 2. The minimum absolute atomic E-state index is 0.157. The van der Waals surface area contributed by atoms with Gasteiger partial charge in [0.05, 0.1) is 31.9 Å². The minimum Gasteiger partial charge on any atom is -0.465 e. The van der Waals surface area contributed by atoms with Gasteiger partial charge in [-0.05, 0) is 37.0 Å². The van der Waals surface area contributed by atoms with Gasteiger partial charge in [-0.1, -0.05) is 19.3 Å². The molecular formula is C20H26N2O5. The second-order valence-corrected chi connectivity index (χ2v) is 7.23. The molecule has 27 heavy (non-hydrogen) atoms. The fourth-order valence-electron chi connectivity index (χ4n) is 4.10. The van der Waals surface area contributed by atoms with E-state index < -0.39 is 11.9 Å². The summed E-state index contributed by atoms with van der Waals surface area (Å²) in [6.07, 6.45) is 6.21. The van der Waals surface area contributed by atoms with E-state index in [1.54, 1.807) is 0 Å². The minimum atomic E-state index is -0.583. The highest BCUT2D eigenvalue weighted by Gasteiger charge is 2.39. The lowest BCUT2D eigenvalue weighted by Gasteiger charge is -2.47. The third kappa shape index (κ3) is 4.47. The Morgan fingerprint density at radius 2 is 1.63 bits per heavy atom. The lowest BCUT2D eigenvalue weighted by Crippen LogP contribution is -2.57. The van der Waals surface area contributed by atoms with Crippen LogP contribution in [0.15, 0.2) is 18.2 Å². The van der Waals surface area contributed by atoms with Gasteiger partial charge in [-0.3, -0.25) is 9.69 Å². The van der Waals surface area contributed by atoms with Gasteiger partial charge in [-0.2, -0.15) is 0 Å². The summed E-state index contributed by atoms with van der Waals surface area (Å²) < 4.78 is 9.43. The molecule has 0 radical (unpaired) electrons. The predicted octanol–water partition coefficient (Wildman–Crippen LogP) is 2.46. The zero-order chi connectivity index (χ0) is 19.4. The van der Waals surface area contributed by atoms with Crippen LogP contribution in [0.25, 0.3) is 0 Å². The Balaban J connectivity index is 1.67. The van der Waals surface area contributed by atoms with E-state index in [2.05, 4.69) is 10.2 Å². The van der Waals surface area contributed by atoms with Gasteiger partial charge in [0.2, 0.25) is 5.91 Å². The number of fused-ring (bicyclic) bond motifs is 1. The molecule has 0 aromatic heterocycles. The number of nitrogens with one attached hydrogen (secondary N) is 1. The highest BCUT2D eigenvalue weighted by atomic mass is 16.5. The molecule has 1 aliphatic carbocycles. The molecule has 0 bridgehead atoms. The molecule has 146 valence electrons. The zero-order valence-electron chi connectivity index (χ0n) is 15.8. The molecule has 0 spiro atoms. The van der Waals surface area contributed by atoms with Gasteiger partial charge in [0.15, 0.2) is 0 Å². The molecule has 1 aromatic rings. The van der Waals surface area contributed by atoms with Gasteiger partial charge in [0, 0.05) is 18.3 Å². The molecule has 3 rings (SSSR count). The third-order valence-corrected chi connectivity index (χ3v) is 5.46. The van der Waals surface area contributed by atoms with Crippen molar-refractivity contribution in [2.45, 2.75) is 38.1 Å². The second-order valence-electron chi connectivity index (χ2n) is 7.23. The monoisotopic (exact) mass is 374 g/mol. The van der Waals surface area contributed by atoms with E-state index >= 15 is 0 Å². The maximum atomic E-state index is 12.5. The standard InChI is InChI=1S/C20H26N2O5/c1-26-19(24)14-8-15(20(25)27-2)10-16(9-14)21-18(23)12-22-11-13-6-4-3-5-7-17(13)22/h8-10,13,17H,3-7,11-12H2,1-2H3,(H,21,23)/t13-,17+/m1/s1. The van der Waals surface area contributed by atoms with Gasteiger partial charge in [-0.25, -0.2) is 9.59 Å². The van der Waals surface area contributed by atoms with Crippen LogP contribution in [0.1, 0.15) is 52.8 Å². The van der Waals surface area contributed by atoms with Crippen LogP contribution in [0.2, 0.25) is 0 Å². The summed E-state index contributed by atoms with van der Waals surface area (Å²) in [5.41, 5.74) is 0.744. The number of carbonyl (C=O) groups excluding carboxylic acids is 3. The number of benzene rings is 1. The van der Waals surface area contributed by atoms with Crippen LogP contribution < -0.4 is 5.32 Å². The van der Waals surface area contributed by atoms with Crippen molar-refractivity contribution in [3.63, 3.8) is 0 Å². The van der Waals surface area contributed by atoms with Gasteiger partial charge < -0.3 is 14.8 Å². The van der Waals surface area contributed by atoms with Crippen molar-refractivity contribution in [2.75, 3.05) is 32.6 Å². The van der Waals surface area contributed by atoms with Gasteiger partial charge >= 0.3 is 11.9 Å². The largest absolute Gasteiger partial charge is 0.465 e. The van der Waals surface area contributed by atoms with E-state index in [1.807, 2.05) is 0 Å². The Kier molecular flexibility index (Phi) is 6.11. The van der Waals surface area contributed by atoms with Crippen molar-refractivity contribution in [1.82, 2.24) is 4.90 Å². The number of anilines is 1. The molecule has 1 N–H and O–H groups in total. The highest BCUT2D eigenvalue weighted by Crippen LogP contribution is 2.35. The first kappa shape index (κ1) is 19.4. The maximum Gasteiger partial charge on any atom is 0.337 e. The normalized spacial score (nSPS) is 22.0. The lowest BCUT2D eigenvalue weighted by molar-refractivity contribution is -0.121. The number of hydrogen-bond donors (Lipinski definition) is 1. The first-order valence-corrected chi connectivity index (χ1v) is 9.37. The molecule has 1 saturated heterocycles. The molecule has 1 amide bonds. The summed E-state index contributed by atoms with van der Waals surface area (Å²) in [6.45, 7) is 1.28. The smallest absolute Gasteiger partial charge is 0.337 e. The van der Waals surface area contributed by atoms with Crippen LogP contribution in [0.4, 0.5) is 5.69 Å². The van der Waals surface area contributed by atoms with Crippen molar-refractivity contribution in [1.29, 1.82) is 0 Å². The van der Waals surface area contributed by atoms with E-state index in [-0.39, 0.29) is 17.0 Å². The summed E-state index contributed by atoms with van der Waals surface area (Å²) in [6, 6.07) is 4.89. The topological polar surface area (TPSA) is 84.9 Å². The van der Waals surface area contributed by atoms with Crippen LogP contribution in [0.5, 0.6) is 0 Å². The number of likely N-dealkylation sites (tertiary alicyclic amines) is 1. The molecule has 2 atom stereocenters. The Morgan fingerprint density at radius 1 is 1.00 bits per heavy atom. The Labute approximate surface area is 159 Å². The Morgan fingerprint density at radius 3 is 2.26 bits per heavy atom. The average Bonchev–Trinajstić information content (AvgIpc) is 2.85. The number of carbonyl (C=O) groups is 3. The summed E-state index contributed by atoms with van der Waals surface area (Å²) in [4.78, 5) is 38.4. The van der Waals surface area contributed by atoms with Gasteiger partial charge in [0.25, 0.3) is 0 Å². The number of nitrogens with zero attached hydrogens (tertiary/aromatic N) is 1. The molecular weight excluding hydrogens is 348 g/mol. The molecule has 1 heterocycles. The summed E-state index contributed by atoms with van der Waals surface area (Å²) in [7, 11) is 2.52. The van der Waals surface area contributed by atoms with E-state index in [0.29, 0.717) is 24.2 Å². The maximum absolute atomic E-state index is 12.5. The summed E-state index contributed by atoms with van der Waals surface area (Å²) in [5.74, 6) is -0.606. The van der Waals surface area contributed by atoms with Gasteiger partial charge in [-0.15, -0.1) is 0 Å². The first-order chi connectivity index (χ1) is 13.0. The van der Waals surface area contributed by atoms with E-state index in [4.69, 9.17) is 9.47 Å². The lowest BCUT2D eigenvalue weighted by atomic mass is 9.84. The number of rotatable bonds is 5. The van der Waals surface area contributed by atoms with E-state index in [0.717, 1.165) is 13.0 Å². The number of esters is 2. The fourth-order valence-corrected chi connectivity index (χ4v) is 4.10. The van der Waals surface area contributed by atoms with Crippen molar-refractivity contribution < 1.29 is 23.9 Å².